The Bertz CT molecular complexity index is 1060. The smallest absolute Gasteiger partial charge is 0.303 e. The van der Waals surface area contributed by atoms with Crippen molar-refractivity contribution in [2.75, 3.05) is 6.61 Å². The van der Waals surface area contributed by atoms with Gasteiger partial charge in [-0.1, -0.05) is 83.5 Å². The minimum atomic E-state index is -0.922. The van der Waals surface area contributed by atoms with Gasteiger partial charge >= 0.3 is 5.97 Å². The number of ether oxygens (including phenoxy) is 1. The minimum absolute atomic E-state index is 0.0701. The zero-order chi connectivity index (χ0) is 28.3. The van der Waals surface area contributed by atoms with E-state index in [1.807, 2.05) is 32.9 Å². The van der Waals surface area contributed by atoms with E-state index in [0.717, 1.165) is 31.2 Å². The molecule has 210 valence electrons. The van der Waals surface area contributed by atoms with Crippen molar-refractivity contribution in [2.45, 2.75) is 110 Å². The van der Waals surface area contributed by atoms with Crippen LogP contribution in [0.1, 0.15) is 107 Å². The molecule has 0 aliphatic heterocycles. The molecule has 0 heterocycles. The molecule has 0 saturated heterocycles. The Balaban J connectivity index is 2.39. The second-order valence-electron chi connectivity index (χ2n) is 10.5. The van der Waals surface area contributed by atoms with Gasteiger partial charge in [0.15, 0.2) is 0 Å². The number of rotatable bonds is 16. The molecule has 1 atom stereocenters. The Labute approximate surface area is 229 Å². The summed E-state index contributed by atoms with van der Waals surface area (Å²) in [5, 5.41) is 29.6. The summed E-state index contributed by atoms with van der Waals surface area (Å²) in [6.07, 6.45) is 8.61. The fourth-order valence-electron chi connectivity index (χ4n) is 5.18. The zero-order valence-electron chi connectivity index (χ0n) is 24.2. The molecule has 2 rings (SSSR count). The third-order valence-corrected chi connectivity index (χ3v) is 8.07. The molecule has 0 spiro atoms. The van der Waals surface area contributed by atoms with Crippen molar-refractivity contribution in [3.05, 3.63) is 70.3 Å². The van der Waals surface area contributed by atoms with Crippen LogP contribution in [0.3, 0.4) is 0 Å². The van der Waals surface area contributed by atoms with Crippen molar-refractivity contribution in [1.29, 1.82) is 0 Å². The molecule has 38 heavy (non-hydrogen) atoms. The number of aryl methyl sites for hydroxylation is 2. The highest BCUT2D eigenvalue weighted by molar-refractivity contribution is 5.66. The molecule has 0 amide bonds. The molecule has 2 aromatic carbocycles. The molecule has 0 bridgehead atoms. The summed E-state index contributed by atoms with van der Waals surface area (Å²) in [4.78, 5) is 10.7. The highest BCUT2D eigenvalue weighted by Gasteiger charge is 2.31. The number of carbonyl (C=O) groups is 1. The van der Waals surface area contributed by atoms with E-state index in [1.54, 1.807) is 0 Å². The van der Waals surface area contributed by atoms with Crippen molar-refractivity contribution >= 4 is 12.0 Å². The Kier molecular flexibility index (Phi) is 12.1. The summed E-state index contributed by atoms with van der Waals surface area (Å²) in [6, 6.07) is 13.1. The van der Waals surface area contributed by atoms with E-state index in [1.165, 1.54) is 22.3 Å². The van der Waals surface area contributed by atoms with Crippen molar-refractivity contribution in [3.63, 3.8) is 0 Å². The summed E-state index contributed by atoms with van der Waals surface area (Å²) >= 11 is 0. The van der Waals surface area contributed by atoms with Gasteiger partial charge in [-0.2, -0.15) is 0 Å². The molecule has 0 aromatic heterocycles. The standard InChI is InChI=1S/C33H48O5/c1-7-12-26-22-28(14-13-25(26)19-20-32(37,8-2)9-3)33(10-4,11-5)27-15-17-30(24(6)21-27)38-23-29(34)16-18-31(35)36/h13-15,17,19-22,29,34,37H,7-12,16,18,23H2,1-6H3,(H,35,36)/b20-19+/t29-/m0/s1. The first-order valence-electron chi connectivity index (χ1n) is 14.3. The Morgan fingerprint density at radius 2 is 1.61 bits per heavy atom. The number of hydrogen-bond donors (Lipinski definition) is 3. The SMILES string of the molecule is CCCc1cc(C(CC)(CC)c2ccc(OC[C@@H](O)CCC(=O)O)c(C)c2)ccc1/C=C/C(O)(CC)CC. The van der Waals surface area contributed by atoms with Crippen molar-refractivity contribution in [1.82, 2.24) is 0 Å². The lowest BCUT2D eigenvalue weighted by Crippen LogP contribution is -2.26. The van der Waals surface area contributed by atoms with Gasteiger partial charge in [-0.15, -0.1) is 0 Å². The Morgan fingerprint density at radius 1 is 0.974 bits per heavy atom. The average molecular weight is 525 g/mol. The second kappa shape index (κ2) is 14.5. The first kappa shape index (κ1) is 31.6. The second-order valence-corrected chi connectivity index (χ2v) is 10.5. The van der Waals surface area contributed by atoms with E-state index in [-0.39, 0.29) is 24.9 Å². The number of benzene rings is 2. The number of aliphatic hydroxyl groups is 2. The zero-order valence-corrected chi connectivity index (χ0v) is 24.2. The van der Waals surface area contributed by atoms with Crippen LogP contribution in [0.25, 0.3) is 6.08 Å². The van der Waals surface area contributed by atoms with Crippen molar-refractivity contribution in [3.8, 4) is 5.75 Å². The van der Waals surface area contributed by atoms with E-state index in [4.69, 9.17) is 9.84 Å². The lowest BCUT2D eigenvalue weighted by molar-refractivity contribution is -0.137. The van der Waals surface area contributed by atoms with Gasteiger partial charge in [-0.05, 0) is 79.3 Å². The van der Waals surface area contributed by atoms with Gasteiger partial charge in [0.2, 0.25) is 0 Å². The Hall–Kier alpha value is -2.63. The summed E-state index contributed by atoms with van der Waals surface area (Å²) in [5.74, 6) is -0.217. The van der Waals surface area contributed by atoms with Gasteiger partial charge in [0.1, 0.15) is 12.4 Å². The summed E-state index contributed by atoms with van der Waals surface area (Å²) in [5.41, 5.74) is 5.06. The molecule has 0 aliphatic rings. The minimum Gasteiger partial charge on any atom is -0.491 e. The largest absolute Gasteiger partial charge is 0.491 e. The number of aliphatic carboxylic acids is 1. The molecule has 0 radical (unpaired) electrons. The van der Waals surface area contributed by atoms with Crippen LogP contribution in [-0.4, -0.2) is 39.6 Å². The normalized spacial score (nSPS) is 13.2. The van der Waals surface area contributed by atoms with E-state index in [0.29, 0.717) is 18.6 Å². The van der Waals surface area contributed by atoms with E-state index in [2.05, 4.69) is 57.2 Å². The quantitative estimate of drug-likeness (QED) is 0.216. The molecule has 0 saturated carbocycles. The fraction of sp³-hybridized carbons (Fsp3) is 0.545. The number of carboxylic acids is 1. The van der Waals surface area contributed by atoms with Gasteiger partial charge in [0, 0.05) is 11.8 Å². The maximum atomic E-state index is 10.8. The maximum Gasteiger partial charge on any atom is 0.303 e. The average Bonchev–Trinajstić information content (AvgIpc) is 2.92. The molecular formula is C33H48O5. The van der Waals surface area contributed by atoms with Crippen LogP contribution < -0.4 is 4.74 Å². The predicted octanol–water partition coefficient (Wildman–Crippen LogP) is 7.22. The molecule has 0 fully saturated rings. The van der Waals surface area contributed by atoms with Crippen LogP contribution in [0.2, 0.25) is 0 Å². The molecule has 0 aliphatic carbocycles. The highest BCUT2D eigenvalue weighted by Crippen LogP contribution is 2.41. The number of carboxylic acid groups (broad SMARTS) is 1. The van der Waals surface area contributed by atoms with Crippen molar-refractivity contribution < 1.29 is 24.9 Å². The lowest BCUT2D eigenvalue weighted by Gasteiger charge is -2.34. The van der Waals surface area contributed by atoms with Crippen LogP contribution in [0.5, 0.6) is 5.75 Å². The van der Waals surface area contributed by atoms with Gasteiger partial charge in [0.05, 0.1) is 11.7 Å². The van der Waals surface area contributed by atoms with Gasteiger partial charge in [0.25, 0.3) is 0 Å². The van der Waals surface area contributed by atoms with Gasteiger partial charge in [-0.3, -0.25) is 4.79 Å². The third-order valence-electron chi connectivity index (χ3n) is 8.07. The molecule has 3 N–H and O–H groups in total. The summed E-state index contributed by atoms with van der Waals surface area (Å²) in [7, 11) is 0. The monoisotopic (exact) mass is 524 g/mol. The number of aliphatic hydroxyl groups excluding tert-OH is 1. The lowest BCUT2D eigenvalue weighted by atomic mass is 9.69. The summed E-state index contributed by atoms with van der Waals surface area (Å²) < 4.78 is 5.84. The highest BCUT2D eigenvalue weighted by atomic mass is 16.5. The van der Waals surface area contributed by atoms with Crippen LogP contribution in [-0.2, 0) is 16.6 Å². The predicted molar refractivity (Wildman–Crippen MR) is 156 cm³/mol. The van der Waals surface area contributed by atoms with Crippen LogP contribution in [0, 0.1) is 6.92 Å². The first-order valence-corrected chi connectivity index (χ1v) is 14.3. The Morgan fingerprint density at radius 3 is 2.16 bits per heavy atom. The molecular weight excluding hydrogens is 476 g/mol. The topological polar surface area (TPSA) is 87.0 Å². The van der Waals surface area contributed by atoms with Gasteiger partial charge in [-0.25, -0.2) is 0 Å². The first-order chi connectivity index (χ1) is 18.1. The van der Waals surface area contributed by atoms with E-state index >= 15 is 0 Å². The molecule has 5 heteroatoms. The van der Waals surface area contributed by atoms with Crippen molar-refractivity contribution in [2.24, 2.45) is 0 Å². The molecule has 2 aromatic rings. The maximum absolute atomic E-state index is 10.8. The van der Waals surface area contributed by atoms with Crippen LogP contribution >= 0.6 is 0 Å². The van der Waals surface area contributed by atoms with Gasteiger partial charge < -0.3 is 20.1 Å². The van der Waals surface area contributed by atoms with Crippen LogP contribution in [0.15, 0.2) is 42.5 Å². The number of hydrogen-bond acceptors (Lipinski definition) is 4. The van der Waals surface area contributed by atoms with E-state index in [9.17, 15) is 15.0 Å². The molecule has 0 unspecified atom stereocenters. The third kappa shape index (κ3) is 7.94. The summed E-state index contributed by atoms with van der Waals surface area (Å²) in [6.45, 7) is 12.8. The fourth-order valence-corrected chi connectivity index (χ4v) is 5.18. The van der Waals surface area contributed by atoms with E-state index < -0.39 is 17.7 Å². The van der Waals surface area contributed by atoms with Crippen LogP contribution in [0.4, 0.5) is 0 Å². The molecule has 5 nitrogen and oxygen atoms in total.